The van der Waals surface area contributed by atoms with Gasteiger partial charge in [0.25, 0.3) is 11.8 Å². The van der Waals surface area contributed by atoms with Gasteiger partial charge in [0, 0.05) is 31.7 Å². The molecule has 1 aliphatic heterocycles. The van der Waals surface area contributed by atoms with Crippen molar-refractivity contribution in [1.82, 2.24) is 9.80 Å². The van der Waals surface area contributed by atoms with E-state index in [0.29, 0.717) is 43.2 Å². The predicted octanol–water partition coefficient (Wildman–Crippen LogP) is 2.15. The second kappa shape index (κ2) is 8.65. The summed E-state index contributed by atoms with van der Waals surface area (Å²) in [6, 6.07) is 13.3. The van der Waals surface area contributed by atoms with Crippen molar-refractivity contribution < 1.29 is 24.2 Å². The number of rotatable bonds is 5. The Morgan fingerprint density at radius 3 is 2.00 bits per heavy atom. The average Bonchev–Trinajstić information content (AvgIpc) is 2.74. The van der Waals surface area contributed by atoms with Crippen LogP contribution in [0.3, 0.4) is 0 Å². The average molecular weight is 384 g/mol. The minimum absolute atomic E-state index is 0.0526. The molecule has 1 heterocycles. The fraction of sp³-hybridized carbons (Fsp3) is 0.333. The summed E-state index contributed by atoms with van der Waals surface area (Å²) >= 11 is 0. The van der Waals surface area contributed by atoms with Gasteiger partial charge >= 0.3 is 0 Å². The number of methoxy groups -OCH3 is 1. The van der Waals surface area contributed by atoms with E-state index in [2.05, 4.69) is 0 Å². The largest absolute Gasteiger partial charge is 0.508 e. The van der Waals surface area contributed by atoms with E-state index < -0.39 is 6.10 Å². The van der Waals surface area contributed by atoms with Gasteiger partial charge in [0.1, 0.15) is 17.2 Å². The molecule has 1 fully saturated rings. The molecule has 0 saturated carbocycles. The Morgan fingerprint density at radius 2 is 1.43 bits per heavy atom. The first kappa shape index (κ1) is 19.5. The molecular formula is C21H24N2O5. The molecule has 0 bridgehead atoms. The van der Waals surface area contributed by atoms with Crippen LogP contribution in [0.15, 0.2) is 48.5 Å². The summed E-state index contributed by atoms with van der Waals surface area (Å²) in [6.07, 6.45) is -0.645. The molecule has 0 aliphatic carbocycles. The zero-order valence-electron chi connectivity index (χ0n) is 16.0. The molecule has 0 radical (unpaired) electrons. The number of phenolic OH excluding ortho intramolecular Hbond substituents is 1. The van der Waals surface area contributed by atoms with E-state index in [4.69, 9.17) is 9.47 Å². The second-order valence-electron chi connectivity index (χ2n) is 6.60. The van der Waals surface area contributed by atoms with Crippen LogP contribution in [-0.2, 0) is 4.79 Å². The topological polar surface area (TPSA) is 79.3 Å². The van der Waals surface area contributed by atoms with Gasteiger partial charge in [0.2, 0.25) is 0 Å². The Kier molecular flexibility index (Phi) is 6.03. The number of piperazine rings is 1. The number of hydrogen-bond donors (Lipinski definition) is 1. The Labute approximate surface area is 164 Å². The van der Waals surface area contributed by atoms with E-state index in [1.807, 2.05) is 0 Å². The van der Waals surface area contributed by atoms with Crippen molar-refractivity contribution in [1.29, 1.82) is 0 Å². The second-order valence-corrected chi connectivity index (χ2v) is 6.60. The van der Waals surface area contributed by atoms with Crippen molar-refractivity contribution in [2.24, 2.45) is 0 Å². The van der Waals surface area contributed by atoms with E-state index in [1.54, 1.807) is 60.2 Å². The molecule has 7 heteroatoms. The molecule has 3 rings (SSSR count). The quantitative estimate of drug-likeness (QED) is 0.855. The first-order valence-corrected chi connectivity index (χ1v) is 9.15. The van der Waals surface area contributed by atoms with E-state index in [-0.39, 0.29) is 17.6 Å². The van der Waals surface area contributed by atoms with Gasteiger partial charge in [-0.2, -0.15) is 0 Å². The molecule has 1 saturated heterocycles. The van der Waals surface area contributed by atoms with Crippen LogP contribution >= 0.6 is 0 Å². The molecule has 0 aromatic heterocycles. The highest BCUT2D eigenvalue weighted by Crippen LogP contribution is 2.19. The van der Waals surface area contributed by atoms with E-state index >= 15 is 0 Å². The third kappa shape index (κ3) is 4.54. The van der Waals surface area contributed by atoms with Gasteiger partial charge in [-0.25, -0.2) is 0 Å². The van der Waals surface area contributed by atoms with Crippen molar-refractivity contribution in [2.45, 2.75) is 13.0 Å². The monoisotopic (exact) mass is 384 g/mol. The minimum Gasteiger partial charge on any atom is -0.508 e. The van der Waals surface area contributed by atoms with E-state index in [0.717, 1.165) is 0 Å². The molecule has 2 aromatic carbocycles. The number of carbonyl (C=O) groups is 2. The SMILES string of the molecule is COc1ccc(C(=O)N2CCN(C(=O)C(C)Oc3ccc(O)cc3)CC2)cc1. The number of hydrogen-bond acceptors (Lipinski definition) is 5. The number of aromatic hydroxyl groups is 1. The lowest BCUT2D eigenvalue weighted by Gasteiger charge is -2.36. The zero-order valence-corrected chi connectivity index (χ0v) is 16.0. The van der Waals surface area contributed by atoms with Crippen molar-refractivity contribution >= 4 is 11.8 Å². The predicted molar refractivity (Wildman–Crippen MR) is 104 cm³/mol. The minimum atomic E-state index is -0.645. The lowest BCUT2D eigenvalue weighted by atomic mass is 10.1. The van der Waals surface area contributed by atoms with Crippen LogP contribution in [0.25, 0.3) is 0 Å². The normalized spacial score (nSPS) is 15.1. The zero-order chi connectivity index (χ0) is 20.1. The van der Waals surface area contributed by atoms with Crippen LogP contribution in [0.5, 0.6) is 17.2 Å². The number of carbonyl (C=O) groups excluding carboxylic acids is 2. The lowest BCUT2D eigenvalue weighted by Crippen LogP contribution is -2.53. The number of phenols is 1. The number of benzene rings is 2. The fourth-order valence-electron chi connectivity index (χ4n) is 3.08. The van der Waals surface area contributed by atoms with Crippen LogP contribution in [-0.4, -0.2) is 66.1 Å². The van der Waals surface area contributed by atoms with Crippen LogP contribution < -0.4 is 9.47 Å². The lowest BCUT2D eigenvalue weighted by molar-refractivity contribution is -0.139. The third-order valence-corrected chi connectivity index (χ3v) is 4.71. The summed E-state index contributed by atoms with van der Waals surface area (Å²) in [5.41, 5.74) is 0.601. The molecule has 1 unspecified atom stereocenters. The van der Waals surface area contributed by atoms with Gasteiger partial charge in [-0.3, -0.25) is 9.59 Å². The highest BCUT2D eigenvalue weighted by atomic mass is 16.5. The van der Waals surface area contributed by atoms with Gasteiger partial charge in [-0.15, -0.1) is 0 Å². The first-order valence-electron chi connectivity index (χ1n) is 9.15. The summed E-state index contributed by atoms with van der Waals surface area (Å²) < 4.78 is 10.8. The van der Waals surface area contributed by atoms with Crippen LogP contribution in [0, 0.1) is 0 Å². The fourth-order valence-corrected chi connectivity index (χ4v) is 3.08. The summed E-state index contributed by atoms with van der Waals surface area (Å²) in [5, 5.41) is 9.31. The molecule has 2 amide bonds. The van der Waals surface area contributed by atoms with Crippen molar-refractivity contribution in [3.63, 3.8) is 0 Å². The molecule has 1 N–H and O–H groups in total. The third-order valence-electron chi connectivity index (χ3n) is 4.71. The number of ether oxygens (including phenoxy) is 2. The maximum Gasteiger partial charge on any atom is 0.263 e. The van der Waals surface area contributed by atoms with Crippen molar-refractivity contribution in [3.05, 3.63) is 54.1 Å². The Morgan fingerprint density at radius 1 is 0.893 bits per heavy atom. The highest BCUT2D eigenvalue weighted by Gasteiger charge is 2.28. The highest BCUT2D eigenvalue weighted by molar-refractivity contribution is 5.94. The smallest absolute Gasteiger partial charge is 0.263 e. The Balaban J connectivity index is 1.52. The molecule has 7 nitrogen and oxygen atoms in total. The molecule has 0 spiro atoms. The van der Waals surface area contributed by atoms with Gasteiger partial charge < -0.3 is 24.4 Å². The maximum absolute atomic E-state index is 12.6. The molecule has 1 atom stereocenters. The van der Waals surface area contributed by atoms with Gasteiger partial charge in [-0.05, 0) is 55.5 Å². The first-order chi connectivity index (χ1) is 13.5. The number of nitrogens with zero attached hydrogens (tertiary/aromatic N) is 2. The van der Waals surface area contributed by atoms with Crippen LogP contribution in [0.1, 0.15) is 17.3 Å². The maximum atomic E-state index is 12.6. The van der Waals surface area contributed by atoms with Gasteiger partial charge in [0.15, 0.2) is 6.10 Å². The Bertz CT molecular complexity index is 812. The van der Waals surface area contributed by atoms with Gasteiger partial charge in [0.05, 0.1) is 7.11 Å². The van der Waals surface area contributed by atoms with Gasteiger partial charge in [-0.1, -0.05) is 0 Å². The van der Waals surface area contributed by atoms with Crippen molar-refractivity contribution in [3.8, 4) is 17.2 Å². The molecule has 2 aromatic rings. The van der Waals surface area contributed by atoms with E-state index in [1.165, 1.54) is 12.1 Å². The molecule has 28 heavy (non-hydrogen) atoms. The van der Waals surface area contributed by atoms with E-state index in [9.17, 15) is 14.7 Å². The molecule has 1 aliphatic rings. The van der Waals surface area contributed by atoms with Crippen LogP contribution in [0.4, 0.5) is 0 Å². The molecular weight excluding hydrogens is 360 g/mol. The summed E-state index contributed by atoms with van der Waals surface area (Å²) in [7, 11) is 1.58. The summed E-state index contributed by atoms with van der Waals surface area (Å²) in [5.74, 6) is 1.19. The summed E-state index contributed by atoms with van der Waals surface area (Å²) in [4.78, 5) is 28.7. The standard InChI is InChI=1S/C21H24N2O5/c1-15(28-19-9-5-17(24)6-10-19)20(25)22-11-13-23(14-12-22)21(26)16-3-7-18(27-2)8-4-16/h3-10,15,24H,11-14H2,1-2H3. The molecule has 148 valence electrons. The van der Waals surface area contributed by atoms with Crippen molar-refractivity contribution in [2.75, 3.05) is 33.3 Å². The Hall–Kier alpha value is -3.22. The summed E-state index contributed by atoms with van der Waals surface area (Å²) in [6.45, 7) is 3.57. The number of amides is 2. The van der Waals surface area contributed by atoms with Crippen LogP contribution in [0.2, 0.25) is 0 Å².